The van der Waals surface area contributed by atoms with Crippen molar-refractivity contribution >= 4 is 12.0 Å². The van der Waals surface area contributed by atoms with E-state index in [2.05, 4.69) is 0 Å². The second kappa shape index (κ2) is 7.09. The van der Waals surface area contributed by atoms with Crippen LogP contribution in [0.3, 0.4) is 0 Å². The van der Waals surface area contributed by atoms with Crippen LogP contribution in [-0.4, -0.2) is 55.6 Å². The van der Waals surface area contributed by atoms with Crippen LogP contribution >= 0.6 is 0 Å². The van der Waals surface area contributed by atoms with Gasteiger partial charge in [-0.25, -0.2) is 4.79 Å². The van der Waals surface area contributed by atoms with E-state index in [0.29, 0.717) is 19.7 Å². The fraction of sp³-hybridized carbons (Fsp3) is 0.800. The highest BCUT2D eigenvalue weighted by Gasteiger charge is 2.13. The number of carbonyl (C=O) groups excluding carboxylic acids is 2. The lowest BCUT2D eigenvalue weighted by atomic mass is 10.4. The molecular formula is C10H20N2O3. The normalized spacial score (nSPS) is 9.60. The molecule has 0 bridgehead atoms. The third-order valence-corrected chi connectivity index (χ3v) is 2.08. The van der Waals surface area contributed by atoms with Gasteiger partial charge in [-0.3, -0.25) is 4.79 Å². The highest BCUT2D eigenvalue weighted by atomic mass is 16.5. The van der Waals surface area contributed by atoms with E-state index >= 15 is 0 Å². The highest BCUT2D eigenvalue weighted by molar-refractivity contribution is 5.75. The number of ether oxygens (including phenoxy) is 1. The van der Waals surface area contributed by atoms with Gasteiger partial charge in [-0.1, -0.05) is 0 Å². The Morgan fingerprint density at radius 3 is 2.20 bits per heavy atom. The van der Waals surface area contributed by atoms with Crippen LogP contribution in [0.5, 0.6) is 0 Å². The van der Waals surface area contributed by atoms with E-state index in [0.717, 1.165) is 0 Å². The lowest BCUT2D eigenvalue weighted by Gasteiger charge is -2.23. The zero-order chi connectivity index (χ0) is 11.8. The predicted octanol–water partition coefficient (Wildman–Crippen LogP) is 0.943. The molecule has 0 fully saturated rings. The van der Waals surface area contributed by atoms with Crippen LogP contribution in [0.25, 0.3) is 0 Å². The molecule has 0 aliphatic rings. The molecule has 0 heterocycles. The van der Waals surface area contributed by atoms with E-state index < -0.39 is 0 Å². The quantitative estimate of drug-likeness (QED) is 0.643. The standard InChI is InChI=1S/C10H20N2O3/c1-5-11(3)10(14)12(4)8-7-9(13)15-6-2/h5-8H2,1-4H3. The molecule has 0 atom stereocenters. The third-order valence-electron chi connectivity index (χ3n) is 2.08. The van der Waals surface area contributed by atoms with Gasteiger partial charge in [0, 0.05) is 27.2 Å². The Morgan fingerprint density at radius 1 is 1.13 bits per heavy atom. The third kappa shape index (κ3) is 5.24. The van der Waals surface area contributed by atoms with E-state index in [9.17, 15) is 9.59 Å². The average Bonchev–Trinajstić information content (AvgIpc) is 2.24. The van der Waals surface area contributed by atoms with E-state index in [1.54, 1.807) is 25.9 Å². The molecule has 0 N–H and O–H groups in total. The molecule has 0 saturated heterocycles. The average molecular weight is 216 g/mol. The van der Waals surface area contributed by atoms with Gasteiger partial charge in [-0.15, -0.1) is 0 Å². The fourth-order valence-corrected chi connectivity index (χ4v) is 1.01. The number of hydrogen-bond donors (Lipinski definition) is 0. The van der Waals surface area contributed by atoms with Gasteiger partial charge in [-0.05, 0) is 13.8 Å². The lowest BCUT2D eigenvalue weighted by Crippen LogP contribution is -2.39. The topological polar surface area (TPSA) is 49.9 Å². The highest BCUT2D eigenvalue weighted by Crippen LogP contribution is 1.96. The molecule has 0 aliphatic heterocycles. The van der Waals surface area contributed by atoms with Crippen molar-refractivity contribution in [3.05, 3.63) is 0 Å². The summed E-state index contributed by atoms with van der Waals surface area (Å²) in [5.41, 5.74) is 0. The van der Waals surface area contributed by atoms with Crippen molar-refractivity contribution in [3.63, 3.8) is 0 Å². The molecule has 15 heavy (non-hydrogen) atoms. The van der Waals surface area contributed by atoms with Crippen molar-refractivity contribution < 1.29 is 14.3 Å². The molecule has 2 amide bonds. The Kier molecular flexibility index (Phi) is 6.49. The van der Waals surface area contributed by atoms with Crippen molar-refractivity contribution in [2.24, 2.45) is 0 Å². The molecule has 0 unspecified atom stereocenters. The molecule has 0 aliphatic carbocycles. The maximum absolute atomic E-state index is 11.5. The van der Waals surface area contributed by atoms with E-state index in [1.807, 2.05) is 6.92 Å². The lowest BCUT2D eigenvalue weighted by molar-refractivity contribution is -0.143. The van der Waals surface area contributed by atoms with Crippen molar-refractivity contribution in [2.75, 3.05) is 33.8 Å². The molecule has 0 rings (SSSR count). The van der Waals surface area contributed by atoms with Crippen LogP contribution in [0.15, 0.2) is 0 Å². The minimum atomic E-state index is -0.267. The number of hydrogen-bond acceptors (Lipinski definition) is 3. The van der Waals surface area contributed by atoms with Crippen LogP contribution in [0.2, 0.25) is 0 Å². The SMILES string of the molecule is CCOC(=O)CCN(C)C(=O)N(C)CC. The van der Waals surface area contributed by atoms with E-state index in [4.69, 9.17) is 4.74 Å². The minimum Gasteiger partial charge on any atom is -0.466 e. The summed E-state index contributed by atoms with van der Waals surface area (Å²) in [4.78, 5) is 25.7. The van der Waals surface area contributed by atoms with Crippen LogP contribution in [0.1, 0.15) is 20.3 Å². The summed E-state index contributed by atoms with van der Waals surface area (Å²) in [5.74, 6) is -0.267. The molecular weight excluding hydrogens is 196 g/mol. The van der Waals surface area contributed by atoms with Gasteiger partial charge in [0.05, 0.1) is 13.0 Å². The monoisotopic (exact) mass is 216 g/mol. The fourth-order valence-electron chi connectivity index (χ4n) is 1.01. The maximum Gasteiger partial charge on any atom is 0.319 e. The second-order valence-electron chi connectivity index (χ2n) is 3.27. The van der Waals surface area contributed by atoms with Gasteiger partial charge in [0.15, 0.2) is 0 Å². The Morgan fingerprint density at radius 2 is 1.73 bits per heavy atom. The van der Waals surface area contributed by atoms with Crippen molar-refractivity contribution in [3.8, 4) is 0 Å². The smallest absolute Gasteiger partial charge is 0.319 e. The van der Waals surface area contributed by atoms with Crippen LogP contribution in [0.4, 0.5) is 4.79 Å². The molecule has 0 saturated carbocycles. The van der Waals surface area contributed by atoms with Gasteiger partial charge in [-0.2, -0.15) is 0 Å². The summed E-state index contributed by atoms with van der Waals surface area (Å²) in [6.07, 6.45) is 0.244. The predicted molar refractivity (Wildman–Crippen MR) is 57.6 cm³/mol. The number of carbonyl (C=O) groups is 2. The zero-order valence-corrected chi connectivity index (χ0v) is 9.95. The summed E-state index contributed by atoms with van der Waals surface area (Å²) in [6.45, 7) is 5.09. The molecule has 0 radical (unpaired) electrons. The number of urea groups is 1. The zero-order valence-electron chi connectivity index (χ0n) is 9.95. The Hall–Kier alpha value is -1.26. The first-order valence-electron chi connectivity index (χ1n) is 5.14. The summed E-state index contributed by atoms with van der Waals surface area (Å²) in [7, 11) is 3.40. The first kappa shape index (κ1) is 13.7. The molecule has 0 aromatic heterocycles. The van der Waals surface area contributed by atoms with E-state index in [-0.39, 0.29) is 18.4 Å². The summed E-state index contributed by atoms with van der Waals surface area (Å²) >= 11 is 0. The largest absolute Gasteiger partial charge is 0.466 e. The van der Waals surface area contributed by atoms with Gasteiger partial charge in [0.25, 0.3) is 0 Å². The van der Waals surface area contributed by atoms with Gasteiger partial charge in [0.1, 0.15) is 0 Å². The molecule has 0 aromatic carbocycles. The summed E-state index contributed by atoms with van der Waals surface area (Å²) in [5, 5.41) is 0. The number of rotatable bonds is 5. The minimum absolute atomic E-state index is 0.0817. The first-order chi connectivity index (χ1) is 7.02. The Balaban J connectivity index is 3.87. The molecule has 5 heteroatoms. The van der Waals surface area contributed by atoms with Crippen molar-refractivity contribution in [1.29, 1.82) is 0 Å². The van der Waals surface area contributed by atoms with Crippen molar-refractivity contribution in [1.82, 2.24) is 9.80 Å². The molecule has 88 valence electrons. The Labute approximate surface area is 91.0 Å². The maximum atomic E-state index is 11.5. The first-order valence-corrected chi connectivity index (χ1v) is 5.14. The number of amides is 2. The van der Waals surface area contributed by atoms with Crippen LogP contribution in [-0.2, 0) is 9.53 Å². The number of esters is 1. The van der Waals surface area contributed by atoms with Crippen LogP contribution < -0.4 is 0 Å². The van der Waals surface area contributed by atoms with Gasteiger partial charge >= 0.3 is 12.0 Å². The molecule has 0 aromatic rings. The Bertz CT molecular complexity index is 219. The van der Waals surface area contributed by atoms with Gasteiger partial charge in [0.2, 0.25) is 0 Å². The summed E-state index contributed by atoms with van der Waals surface area (Å²) < 4.78 is 4.77. The van der Waals surface area contributed by atoms with Crippen LogP contribution in [0, 0.1) is 0 Å². The molecule has 0 spiro atoms. The summed E-state index contributed by atoms with van der Waals surface area (Å²) in [6, 6.07) is -0.0817. The number of nitrogens with zero attached hydrogens (tertiary/aromatic N) is 2. The molecule has 5 nitrogen and oxygen atoms in total. The second-order valence-corrected chi connectivity index (χ2v) is 3.27. The van der Waals surface area contributed by atoms with Crippen molar-refractivity contribution in [2.45, 2.75) is 20.3 Å². The van der Waals surface area contributed by atoms with Gasteiger partial charge < -0.3 is 14.5 Å². The van der Waals surface area contributed by atoms with E-state index in [1.165, 1.54) is 4.90 Å².